The standard InChI is InChI=1S/C19H14F3NO3/c20-19(21,22)15-9-12(10-18(24)25)5-8-17(15)26-11-14-7-6-13-3-1-2-4-16(13)23-14/h1-9H,10-11H2,(H,24,25). The summed E-state index contributed by atoms with van der Waals surface area (Å²) < 4.78 is 45.1. The summed E-state index contributed by atoms with van der Waals surface area (Å²) in [5, 5.41) is 9.67. The van der Waals surface area contributed by atoms with Gasteiger partial charge in [-0.2, -0.15) is 13.2 Å². The Kier molecular flexibility index (Phi) is 4.79. The predicted octanol–water partition coefficient (Wildman–Crippen LogP) is 4.46. The van der Waals surface area contributed by atoms with Gasteiger partial charge in [-0.15, -0.1) is 0 Å². The van der Waals surface area contributed by atoms with Crippen LogP contribution < -0.4 is 4.74 Å². The number of fused-ring (bicyclic) bond motifs is 1. The van der Waals surface area contributed by atoms with Gasteiger partial charge in [0, 0.05) is 5.39 Å². The van der Waals surface area contributed by atoms with Crippen molar-refractivity contribution in [2.45, 2.75) is 19.2 Å². The fourth-order valence-electron chi connectivity index (χ4n) is 2.55. The van der Waals surface area contributed by atoms with Crippen LogP contribution in [0.5, 0.6) is 5.75 Å². The summed E-state index contributed by atoms with van der Waals surface area (Å²) in [6.45, 7) is -0.133. The van der Waals surface area contributed by atoms with E-state index in [2.05, 4.69) is 4.98 Å². The number of ether oxygens (including phenoxy) is 1. The number of aliphatic carboxylic acids is 1. The van der Waals surface area contributed by atoms with Gasteiger partial charge in [0.25, 0.3) is 0 Å². The van der Waals surface area contributed by atoms with E-state index < -0.39 is 24.1 Å². The number of benzene rings is 2. The maximum atomic E-state index is 13.3. The molecule has 0 bridgehead atoms. The Hall–Kier alpha value is -3.09. The number of pyridine rings is 1. The van der Waals surface area contributed by atoms with Gasteiger partial charge in [-0.3, -0.25) is 4.79 Å². The fraction of sp³-hybridized carbons (Fsp3) is 0.158. The van der Waals surface area contributed by atoms with Gasteiger partial charge in [-0.25, -0.2) is 4.98 Å². The number of rotatable bonds is 5. The van der Waals surface area contributed by atoms with Crippen molar-refractivity contribution in [1.29, 1.82) is 0 Å². The predicted molar refractivity (Wildman–Crippen MR) is 88.9 cm³/mol. The van der Waals surface area contributed by atoms with Gasteiger partial charge in [0.2, 0.25) is 0 Å². The molecule has 0 unspecified atom stereocenters. The van der Waals surface area contributed by atoms with Crippen LogP contribution in [-0.4, -0.2) is 16.1 Å². The molecule has 3 rings (SSSR count). The first kappa shape index (κ1) is 17.7. The van der Waals surface area contributed by atoms with Crippen LogP contribution in [-0.2, 0) is 24.0 Å². The molecular weight excluding hydrogens is 347 g/mol. The van der Waals surface area contributed by atoms with Crippen LogP contribution in [0.2, 0.25) is 0 Å². The lowest BCUT2D eigenvalue weighted by Crippen LogP contribution is -2.11. The van der Waals surface area contributed by atoms with E-state index in [-0.39, 0.29) is 17.9 Å². The third-order valence-corrected chi connectivity index (χ3v) is 3.74. The molecule has 1 aromatic heterocycles. The highest BCUT2D eigenvalue weighted by molar-refractivity contribution is 5.78. The first-order chi connectivity index (χ1) is 12.3. The van der Waals surface area contributed by atoms with Crippen LogP contribution >= 0.6 is 0 Å². The molecule has 0 radical (unpaired) electrons. The van der Waals surface area contributed by atoms with Crippen molar-refractivity contribution >= 4 is 16.9 Å². The van der Waals surface area contributed by atoms with Crippen molar-refractivity contribution in [3.05, 3.63) is 71.4 Å². The average Bonchev–Trinajstić information content (AvgIpc) is 2.59. The first-order valence-corrected chi connectivity index (χ1v) is 7.72. The Labute approximate surface area is 146 Å². The largest absolute Gasteiger partial charge is 0.487 e. The molecule has 26 heavy (non-hydrogen) atoms. The number of hydrogen-bond donors (Lipinski definition) is 1. The van der Waals surface area contributed by atoms with E-state index in [0.717, 1.165) is 23.0 Å². The fourth-order valence-corrected chi connectivity index (χ4v) is 2.55. The molecular formula is C19H14F3NO3. The molecule has 0 aliphatic heterocycles. The molecule has 0 aliphatic rings. The number of carboxylic acid groups (broad SMARTS) is 1. The Morgan fingerprint density at radius 2 is 1.85 bits per heavy atom. The molecule has 0 saturated heterocycles. The Morgan fingerprint density at radius 1 is 1.08 bits per heavy atom. The van der Waals surface area contributed by atoms with Gasteiger partial charge in [0.15, 0.2) is 0 Å². The van der Waals surface area contributed by atoms with Crippen molar-refractivity contribution in [3.8, 4) is 5.75 Å². The molecule has 3 aromatic rings. The zero-order valence-electron chi connectivity index (χ0n) is 13.5. The van der Waals surface area contributed by atoms with Crippen molar-refractivity contribution in [2.75, 3.05) is 0 Å². The number of carbonyl (C=O) groups is 1. The molecule has 0 fully saturated rings. The third kappa shape index (κ3) is 4.11. The second-order valence-electron chi connectivity index (χ2n) is 5.68. The maximum Gasteiger partial charge on any atom is 0.419 e. The highest BCUT2D eigenvalue weighted by Crippen LogP contribution is 2.37. The molecule has 0 spiro atoms. The Morgan fingerprint density at radius 3 is 2.58 bits per heavy atom. The minimum Gasteiger partial charge on any atom is -0.487 e. The summed E-state index contributed by atoms with van der Waals surface area (Å²) in [5.74, 6) is -1.56. The summed E-state index contributed by atoms with van der Waals surface area (Å²) in [6, 6.07) is 14.1. The molecule has 0 amide bonds. The van der Waals surface area contributed by atoms with Crippen molar-refractivity contribution in [2.24, 2.45) is 0 Å². The van der Waals surface area contributed by atoms with Crippen LogP contribution in [0.3, 0.4) is 0 Å². The zero-order chi connectivity index (χ0) is 18.7. The Balaban J connectivity index is 1.84. The lowest BCUT2D eigenvalue weighted by Gasteiger charge is -2.15. The number of hydrogen-bond acceptors (Lipinski definition) is 3. The second kappa shape index (κ2) is 7.03. The van der Waals surface area contributed by atoms with Crippen molar-refractivity contribution in [3.63, 3.8) is 0 Å². The number of para-hydroxylation sites is 1. The minimum atomic E-state index is -4.65. The third-order valence-electron chi connectivity index (χ3n) is 3.74. The molecule has 0 aliphatic carbocycles. The quantitative estimate of drug-likeness (QED) is 0.729. The van der Waals surface area contributed by atoms with Crippen LogP contribution in [0.15, 0.2) is 54.6 Å². The van der Waals surface area contributed by atoms with E-state index in [0.29, 0.717) is 5.69 Å². The van der Waals surface area contributed by atoms with Gasteiger partial charge in [-0.1, -0.05) is 30.3 Å². The van der Waals surface area contributed by atoms with Crippen LogP contribution in [0, 0.1) is 0 Å². The minimum absolute atomic E-state index is 0.0565. The highest BCUT2D eigenvalue weighted by atomic mass is 19.4. The second-order valence-corrected chi connectivity index (χ2v) is 5.68. The zero-order valence-corrected chi connectivity index (χ0v) is 13.5. The average molecular weight is 361 g/mol. The van der Waals surface area contributed by atoms with E-state index in [4.69, 9.17) is 9.84 Å². The Bertz CT molecular complexity index is 954. The van der Waals surface area contributed by atoms with Crippen LogP contribution in [0.4, 0.5) is 13.2 Å². The summed E-state index contributed by atoms with van der Waals surface area (Å²) in [4.78, 5) is 15.1. The van der Waals surface area contributed by atoms with Crippen LogP contribution in [0.25, 0.3) is 10.9 Å². The number of carboxylic acids is 1. The topological polar surface area (TPSA) is 59.4 Å². The molecule has 1 heterocycles. The van der Waals surface area contributed by atoms with Gasteiger partial charge in [0.05, 0.1) is 23.2 Å². The maximum absolute atomic E-state index is 13.3. The molecule has 134 valence electrons. The molecule has 0 saturated carbocycles. The van der Waals surface area contributed by atoms with Gasteiger partial charge in [-0.05, 0) is 29.8 Å². The van der Waals surface area contributed by atoms with Gasteiger partial charge < -0.3 is 9.84 Å². The van der Waals surface area contributed by atoms with Gasteiger partial charge in [0.1, 0.15) is 12.4 Å². The normalized spacial score (nSPS) is 11.5. The van der Waals surface area contributed by atoms with Crippen molar-refractivity contribution in [1.82, 2.24) is 4.98 Å². The summed E-state index contributed by atoms with van der Waals surface area (Å²) >= 11 is 0. The first-order valence-electron chi connectivity index (χ1n) is 7.72. The molecule has 7 heteroatoms. The summed E-state index contributed by atoms with van der Waals surface area (Å²) in [7, 11) is 0. The number of nitrogens with zero attached hydrogens (tertiary/aromatic N) is 1. The summed E-state index contributed by atoms with van der Waals surface area (Å²) in [5.41, 5.74) is 0.269. The molecule has 4 nitrogen and oxygen atoms in total. The molecule has 1 N–H and O–H groups in total. The lowest BCUT2D eigenvalue weighted by atomic mass is 10.1. The SMILES string of the molecule is O=C(O)Cc1ccc(OCc2ccc3ccccc3n2)c(C(F)(F)F)c1. The number of aromatic nitrogens is 1. The van der Waals surface area contributed by atoms with Gasteiger partial charge >= 0.3 is 12.1 Å². The van der Waals surface area contributed by atoms with E-state index in [9.17, 15) is 18.0 Å². The lowest BCUT2D eigenvalue weighted by molar-refractivity contribution is -0.140. The summed E-state index contributed by atoms with van der Waals surface area (Å²) in [6.07, 6.45) is -5.14. The van der Waals surface area contributed by atoms with E-state index >= 15 is 0 Å². The highest BCUT2D eigenvalue weighted by Gasteiger charge is 2.34. The van der Waals surface area contributed by atoms with E-state index in [1.54, 1.807) is 12.1 Å². The van der Waals surface area contributed by atoms with Crippen LogP contribution in [0.1, 0.15) is 16.8 Å². The number of alkyl halides is 3. The van der Waals surface area contributed by atoms with E-state index in [1.807, 2.05) is 24.3 Å². The molecule has 2 aromatic carbocycles. The monoisotopic (exact) mass is 361 g/mol. The van der Waals surface area contributed by atoms with Crippen molar-refractivity contribution < 1.29 is 27.8 Å². The smallest absolute Gasteiger partial charge is 0.419 e. The number of halogens is 3. The van der Waals surface area contributed by atoms with E-state index in [1.165, 1.54) is 6.07 Å². The molecule has 0 atom stereocenters.